The number of hydrogen-bond acceptors (Lipinski definition) is 2. The van der Waals surface area contributed by atoms with Crippen LogP contribution in [0.15, 0.2) is 0 Å². The third-order valence-electron chi connectivity index (χ3n) is 3.28. The summed E-state index contributed by atoms with van der Waals surface area (Å²) in [5, 5.41) is 8.74. The van der Waals surface area contributed by atoms with E-state index in [0.717, 1.165) is 12.8 Å². The number of amides is 1. The molecule has 1 amide bonds. The minimum atomic E-state index is -0.813. The van der Waals surface area contributed by atoms with Crippen molar-refractivity contribution in [1.29, 1.82) is 0 Å². The lowest BCUT2D eigenvalue weighted by atomic mass is 9.75. The highest BCUT2D eigenvalue weighted by atomic mass is 16.4. The van der Waals surface area contributed by atoms with Gasteiger partial charge in [0.2, 0.25) is 0 Å². The fourth-order valence-corrected chi connectivity index (χ4v) is 1.66. The number of carbonyl (C=O) groups is 1. The van der Waals surface area contributed by atoms with Crippen LogP contribution >= 0.6 is 0 Å². The Morgan fingerprint density at radius 1 is 1.54 bits per heavy atom. The van der Waals surface area contributed by atoms with E-state index < -0.39 is 6.09 Å². The van der Waals surface area contributed by atoms with Crippen LogP contribution in [0.3, 0.4) is 0 Å². The smallest absolute Gasteiger partial charge is 0.407 e. The van der Waals surface area contributed by atoms with E-state index in [2.05, 4.69) is 6.92 Å². The average Bonchev–Trinajstić information content (AvgIpc) is 2.04. The minimum absolute atomic E-state index is 0.117. The van der Waals surface area contributed by atoms with Crippen molar-refractivity contribution in [3.63, 3.8) is 0 Å². The summed E-state index contributed by atoms with van der Waals surface area (Å²) in [6.45, 7) is 5.37. The molecule has 0 spiro atoms. The summed E-state index contributed by atoms with van der Waals surface area (Å²) < 4.78 is 0. The Bertz CT molecular complexity index is 196. The van der Waals surface area contributed by atoms with Crippen LogP contribution in [0.5, 0.6) is 0 Å². The number of nitrogens with zero attached hydrogens (tertiary/aromatic N) is 1. The van der Waals surface area contributed by atoms with Crippen LogP contribution in [0.1, 0.15) is 26.7 Å². The predicted octanol–water partition coefficient (Wildman–Crippen LogP) is 1.11. The maximum absolute atomic E-state index is 10.6. The first-order chi connectivity index (χ1) is 5.96. The van der Waals surface area contributed by atoms with Crippen molar-refractivity contribution in [2.75, 3.05) is 13.1 Å². The molecule has 3 N–H and O–H groups in total. The highest BCUT2D eigenvalue weighted by molar-refractivity contribution is 5.65. The molecule has 1 saturated heterocycles. The first kappa shape index (κ1) is 10.3. The predicted molar refractivity (Wildman–Crippen MR) is 50.6 cm³/mol. The highest BCUT2D eigenvalue weighted by Crippen LogP contribution is 2.33. The highest BCUT2D eigenvalue weighted by Gasteiger charge is 2.34. The van der Waals surface area contributed by atoms with Crippen LogP contribution in [0.4, 0.5) is 4.79 Å². The molecule has 0 aromatic carbocycles. The lowest BCUT2D eigenvalue weighted by Gasteiger charge is -2.40. The molecule has 1 atom stereocenters. The molecule has 1 unspecified atom stereocenters. The third kappa shape index (κ3) is 2.12. The molecule has 0 bridgehead atoms. The van der Waals surface area contributed by atoms with Gasteiger partial charge in [0.15, 0.2) is 0 Å². The number of carboxylic acid groups (broad SMARTS) is 1. The zero-order valence-electron chi connectivity index (χ0n) is 8.29. The summed E-state index contributed by atoms with van der Waals surface area (Å²) in [7, 11) is 0. The molecule has 1 rings (SSSR count). The Morgan fingerprint density at radius 3 is 2.31 bits per heavy atom. The monoisotopic (exact) mass is 186 g/mol. The lowest BCUT2D eigenvalue weighted by molar-refractivity contribution is 0.0870. The summed E-state index contributed by atoms with van der Waals surface area (Å²) in [6.07, 6.45) is 0.931. The quantitative estimate of drug-likeness (QED) is 0.644. The Kier molecular flexibility index (Phi) is 2.81. The van der Waals surface area contributed by atoms with E-state index in [-0.39, 0.29) is 11.5 Å². The average molecular weight is 186 g/mol. The van der Waals surface area contributed by atoms with E-state index in [4.69, 9.17) is 10.8 Å². The summed E-state index contributed by atoms with van der Waals surface area (Å²) in [6, 6.07) is 0.142. The second-order valence-corrected chi connectivity index (χ2v) is 4.21. The van der Waals surface area contributed by atoms with Crippen molar-refractivity contribution in [3.05, 3.63) is 0 Å². The van der Waals surface area contributed by atoms with Crippen molar-refractivity contribution < 1.29 is 9.90 Å². The van der Waals surface area contributed by atoms with Gasteiger partial charge in [-0.25, -0.2) is 4.79 Å². The van der Waals surface area contributed by atoms with Gasteiger partial charge < -0.3 is 15.7 Å². The second kappa shape index (κ2) is 3.54. The van der Waals surface area contributed by atoms with Crippen molar-refractivity contribution in [2.45, 2.75) is 32.7 Å². The normalized spacial score (nSPS) is 24.1. The largest absolute Gasteiger partial charge is 0.465 e. The molecule has 0 aliphatic carbocycles. The molecule has 4 nitrogen and oxygen atoms in total. The van der Waals surface area contributed by atoms with Gasteiger partial charge in [-0.3, -0.25) is 0 Å². The number of rotatable bonds is 1. The first-order valence-corrected chi connectivity index (χ1v) is 4.69. The maximum atomic E-state index is 10.6. The van der Waals surface area contributed by atoms with Crippen LogP contribution < -0.4 is 5.73 Å². The van der Waals surface area contributed by atoms with Gasteiger partial charge in [-0.2, -0.15) is 0 Å². The molecular formula is C9H18N2O2. The van der Waals surface area contributed by atoms with E-state index in [0.29, 0.717) is 13.1 Å². The Hall–Kier alpha value is -0.770. The lowest BCUT2D eigenvalue weighted by Crippen LogP contribution is -2.48. The van der Waals surface area contributed by atoms with Crippen molar-refractivity contribution in [1.82, 2.24) is 4.90 Å². The first-order valence-electron chi connectivity index (χ1n) is 4.69. The number of piperidine rings is 1. The summed E-state index contributed by atoms with van der Waals surface area (Å²) in [5.74, 6) is 0. The number of likely N-dealkylation sites (tertiary alicyclic amines) is 1. The van der Waals surface area contributed by atoms with Gasteiger partial charge in [0.05, 0.1) is 0 Å². The van der Waals surface area contributed by atoms with Gasteiger partial charge in [0.25, 0.3) is 0 Å². The molecule has 76 valence electrons. The van der Waals surface area contributed by atoms with Crippen molar-refractivity contribution >= 4 is 6.09 Å². The molecule has 1 aliphatic heterocycles. The molecule has 0 aromatic heterocycles. The van der Waals surface area contributed by atoms with Gasteiger partial charge in [-0.1, -0.05) is 6.92 Å². The fourth-order valence-electron chi connectivity index (χ4n) is 1.66. The van der Waals surface area contributed by atoms with Crippen LogP contribution in [0.2, 0.25) is 0 Å². The van der Waals surface area contributed by atoms with E-state index in [9.17, 15) is 4.79 Å². The van der Waals surface area contributed by atoms with Gasteiger partial charge in [-0.15, -0.1) is 0 Å². The van der Waals surface area contributed by atoms with E-state index >= 15 is 0 Å². The minimum Gasteiger partial charge on any atom is -0.465 e. The van der Waals surface area contributed by atoms with E-state index in [1.54, 1.807) is 0 Å². The molecule has 1 fully saturated rings. The summed E-state index contributed by atoms with van der Waals surface area (Å²) in [5.41, 5.74) is 5.97. The zero-order valence-corrected chi connectivity index (χ0v) is 8.29. The van der Waals surface area contributed by atoms with Gasteiger partial charge in [-0.05, 0) is 25.2 Å². The molecule has 0 saturated carbocycles. The van der Waals surface area contributed by atoms with E-state index in [1.165, 1.54) is 4.90 Å². The Balaban J connectivity index is 2.51. The molecule has 1 aliphatic rings. The molecular weight excluding hydrogens is 168 g/mol. The van der Waals surface area contributed by atoms with E-state index in [1.807, 2.05) is 6.92 Å². The van der Waals surface area contributed by atoms with Crippen molar-refractivity contribution in [2.24, 2.45) is 11.1 Å². The van der Waals surface area contributed by atoms with Crippen LogP contribution in [0, 0.1) is 5.41 Å². The second-order valence-electron chi connectivity index (χ2n) is 4.21. The SMILES string of the molecule is CC(N)C1(C)CCN(C(=O)O)CC1. The summed E-state index contributed by atoms with van der Waals surface area (Å²) in [4.78, 5) is 12.1. The van der Waals surface area contributed by atoms with Crippen LogP contribution in [-0.4, -0.2) is 35.2 Å². The molecule has 1 heterocycles. The molecule has 0 aromatic rings. The number of nitrogens with two attached hydrogens (primary N) is 1. The molecule has 13 heavy (non-hydrogen) atoms. The molecule has 0 radical (unpaired) electrons. The van der Waals surface area contributed by atoms with Crippen LogP contribution in [-0.2, 0) is 0 Å². The maximum Gasteiger partial charge on any atom is 0.407 e. The fraction of sp³-hybridized carbons (Fsp3) is 0.889. The Labute approximate surface area is 78.7 Å². The number of hydrogen-bond donors (Lipinski definition) is 2. The standard InChI is InChI=1S/C9H18N2O2/c1-7(10)9(2)3-5-11(6-4-9)8(12)13/h7H,3-6,10H2,1-2H3,(H,12,13). The Morgan fingerprint density at radius 2 is 2.00 bits per heavy atom. The van der Waals surface area contributed by atoms with Gasteiger partial charge >= 0.3 is 6.09 Å². The molecule has 4 heteroatoms. The topological polar surface area (TPSA) is 66.6 Å². The summed E-state index contributed by atoms with van der Waals surface area (Å²) >= 11 is 0. The van der Waals surface area contributed by atoms with Gasteiger partial charge in [0, 0.05) is 19.1 Å². The zero-order chi connectivity index (χ0) is 10.1. The van der Waals surface area contributed by atoms with Crippen molar-refractivity contribution in [3.8, 4) is 0 Å². The third-order valence-corrected chi connectivity index (χ3v) is 3.28. The van der Waals surface area contributed by atoms with Gasteiger partial charge in [0.1, 0.15) is 0 Å². The van der Waals surface area contributed by atoms with Crippen LogP contribution in [0.25, 0.3) is 0 Å².